The number of aromatic amines is 1. The maximum Gasteiger partial charge on any atom is 0.305 e. The molecule has 0 saturated heterocycles. The van der Waals surface area contributed by atoms with Crippen molar-refractivity contribution < 1.29 is 14.7 Å². The lowest BCUT2D eigenvalue weighted by atomic mass is 10.1. The Labute approximate surface area is 107 Å². The lowest BCUT2D eigenvalue weighted by Crippen LogP contribution is -2.25. The van der Waals surface area contributed by atoms with Crippen LogP contribution in [0.5, 0.6) is 0 Å². The first kappa shape index (κ1) is 12.7. The highest BCUT2D eigenvalue weighted by Gasteiger charge is 2.09. The lowest BCUT2D eigenvalue weighted by molar-refractivity contribution is -0.136. The molecular formula is C11H11N5O3. The third-order valence-corrected chi connectivity index (χ3v) is 2.35. The number of carboxylic acids is 1. The van der Waals surface area contributed by atoms with Crippen molar-refractivity contribution in [1.82, 2.24) is 25.9 Å². The zero-order chi connectivity index (χ0) is 13.7. The Balaban J connectivity index is 2.06. The van der Waals surface area contributed by atoms with Crippen molar-refractivity contribution in [2.24, 2.45) is 0 Å². The molecular weight excluding hydrogens is 250 g/mol. The van der Waals surface area contributed by atoms with Crippen LogP contribution in [0.25, 0.3) is 11.4 Å². The van der Waals surface area contributed by atoms with Crippen LogP contribution in [0.2, 0.25) is 0 Å². The van der Waals surface area contributed by atoms with Gasteiger partial charge in [-0.15, -0.1) is 10.2 Å². The van der Waals surface area contributed by atoms with Gasteiger partial charge in [-0.25, -0.2) is 0 Å². The Morgan fingerprint density at radius 3 is 2.89 bits per heavy atom. The van der Waals surface area contributed by atoms with Gasteiger partial charge in [0.2, 0.25) is 5.82 Å². The fourth-order valence-electron chi connectivity index (χ4n) is 1.47. The van der Waals surface area contributed by atoms with Crippen molar-refractivity contribution in [3.05, 3.63) is 29.8 Å². The molecule has 0 atom stereocenters. The summed E-state index contributed by atoms with van der Waals surface area (Å²) in [4.78, 5) is 22.1. The van der Waals surface area contributed by atoms with Crippen LogP contribution >= 0.6 is 0 Å². The second-order valence-corrected chi connectivity index (χ2v) is 3.72. The van der Waals surface area contributed by atoms with E-state index in [1.807, 2.05) is 0 Å². The molecule has 1 aromatic heterocycles. The van der Waals surface area contributed by atoms with E-state index in [2.05, 4.69) is 25.9 Å². The summed E-state index contributed by atoms with van der Waals surface area (Å²) in [5, 5.41) is 24.4. The van der Waals surface area contributed by atoms with Gasteiger partial charge in [-0.1, -0.05) is 12.1 Å². The fourth-order valence-corrected chi connectivity index (χ4v) is 1.47. The molecule has 0 aliphatic carbocycles. The molecule has 3 N–H and O–H groups in total. The number of benzene rings is 1. The highest BCUT2D eigenvalue weighted by molar-refractivity contribution is 5.95. The number of nitrogens with one attached hydrogen (secondary N) is 2. The maximum absolute atomic E-state index is 11.8. The Kier molecular flexibility index (Phi) is 3.81. The van der Waals surface area contributed by atoms with Gasteiger partial charge in [0, 0.05) is 17.7 Å². The summed E-state index contributed by atoms with van der Waals surface area (Å²) in [5.74, 6) is -0.910. The van der Waals surface area contributed by atoms with Gasteiger partial charge in [0.15, 0.2) is 0 Å². The molecule has 1 heterocycles. The summed E-state index contributed by atoms with van der Waals surface area (Å²) < 4.78 is 0. The molecule has 2 aromatic rings. The van der Waals surface area contributed by atoms with Crippen LogP contribution in [0.15, 0.2) is 24.3 Å². The third-order valence-electron chi connectivity index (χ3n) is 2.35. The molecule has 8 heteroatoms. The second-order valence-electron chi connectivity index (χ2n) is 3.72. The quantitative estimate of drug-likeness (QED) is 0.700. The first-order chi connectivity index (χ1) is 9.16. The van der Waals surface area contributed by atoms with Gasteiger partial charge in [0.25, 0.3) is 5.91 Å². The molecule has 0 radical (unpaired) electrons. The van der Waals surface area contributed by atoms with Crippen molar-refractivity contribution in [2.75, 3.05) is 6.54 Å². The van der Waals surface area contributed by atoms with Gasteiger partial charge < -0.3 is 10.4 Å². The Hall–Kier alpha value is -2.77. The topological polar surface area (TPSA) is 121 Å². The molecule has 0 saturated carbocycles. The predicted molar refractivity (Wildman–Crippen MR) is 64.2 cm³/mol. The highest BCUT2D eigenvalue weighted by atomic mass is 16.4. The average Bonchev–Trinajstić information content (AvgIpc) is 2.92. The zero-order valence-corrected chi connectivity index (χ0v) is 9.83. The first-order valence-corrected chi connectivity index (χ1v) is 5.50. The fraction of sp³-hybridized carbons (Fsp3) is 0.182. The number of carbonyl (C=O) groups excluding carboxylic acids is 1. The molecule has 2 rings (SSSR count). The first-order valence-electron chi connectivity index (χ1n) is 5.50. The van der Waals surface area contributed by atoms with Crippen molar-refractivity contribution >= 4 is 11.9 Å². The predicted octanol–water partition coefficient (Wildman–Crippen LogP) is 0.0712. The molecule has 8 nitrogen and oxygen atoms in total. The van der Waals surface area contributed by atoms with Gasteiger partial charge in [-0.2, -0.15) is 5.21 Å². The van der Waals surface area contributed by atoms with Gasteiger partial charge in [0.1, 0.15) is 0 Å². The SMILES string of the molecule is O=C(O)CCNC(=O)c1cccc(-c2nn[nH]n2)c1. The second kappa shape index (κ2) is 5.71. The van der Waals surface area contributed by atoms with E-state index in [1.165, 1.54) is 0 Å². The van der Waals surface area contributed by atoms with Gasteiger partial charge in [-0.3, -0.25) is 9.59 Å². The zero-order valence-electron chi connectivity index (χ0n) is 9.83. The van der Waals surface area contributed by atoms with Gasteiger partial charge in [0.05, 0.1) is 6.42 Å². The van der Waals surface area contributed by atoms with Crippen molar-refractivity contribution in [1.29, 1.82) is 0 Å². The average molecular weight is 261 g/mol. The van der Waals surface area contributed by atoms with E-state index in [-0.39, 0.29) is 18.9 Å². The van der Waals surface area contributed by atoms with Crippen LogP contribution in [0.1, 0.15) is 16.8 Å². The van der Waals surface area contributed by atoms with E-state index < -0.39 is 5.97 Å². The molecule has 0 fully saturated rings. The number of H-pyrrole nitrogens is 1. The summed E-state index contributed by atoms with van der Waals surface area (Å²) in [7, 11) is 0. The molecule has 0 unspecified atom stereocenters. The Morgan fingerprint density at radius 1 is 1.37 bits per heavy atom. The normalized spacial score (nSPS) is 10.1. The van der Waals surface area contributed by atoms with Crippen LogP contribution < -0.4 is 5.32 Å². The van der Waals surface area contributed by atoms with Crippen molar-refractivity contribution in [2.45, 2.75) is 6.42 Å². The minimum Gasteiger partial charge on any atom is -0.481 e. The molecule has 0 aliphatic heterocycles. The molecule has 1 aromatic carbocycles. The summed E-state index contributed by atoms with van der Waals surface area (Å²) in [6, 6.07) is 6.68. The van der Waals surface area contributed by atoms with E-state index in [0.717, 1.165) is 0 Å². The van der Waals surface area contributed by atoms with Crippen molar-refractivity contribution in [3.63, 3.8) is 0 Å². The smallest absolute Gasteiger partial charge is 0.305 e. The summed E-state index contributed by atoms with van der Waals surface area (Å²) >= 11 is 0. The summed E-state index contributed by atoms with van der Waals surface area (Å²) in [6.07, 6.45) is -0.115. The molecule has 0 aliphatic rings. The third kappa shape index (κ3) is 3.35. The molecule has 19 heavy (non-hydrogen) atoms. The number of amides is 1. The highest BCUT2D eigenvalue weighted by Crippen LogP contribution is 2.14. The number of tetrazole rings is 1. The number of hydrogen-bond acceptors (Lipinski definition) is 5. The minimum atomic E-state index is -0.958. The molecule has 0 spiro atoms. The largest absolute Gasteiger partial charge is 0.481 e. The number of aromatic nitrogens is 4. The molecule has 0 bridgehead atoms. The summed E-state index contributed by atoms with van der Waals surface area (Å²) in [6.45, 7) is 0.0839. The van der Waals surface area contributed by atoms with E-state index in [9.17, 15) is 9.59 Å². The van der Waals surface area contributed by atoms with E-state index in [4.69, 9.17) is 5.11 Å². The van der Waals surface area contributed by atoms with Crippen LogP contribution in [0.3, 0.4) is 0 Å². The van der Waals surface area contributed by atoms with E-state index in [1.54, 1.807) is 24.3 Å². The molecule has 1 amide bonds. The number of nitrogens with zero attached hydrogens (tertiary/aromatic N) is 3. The van der Waals surface area contributed by atoms with Crippen LogP contribution in [0.4, 0.5) is 0 Å². The van der Waals surface area contributed by atoms with E-state index in [0.29, 0.717) is 17.0 Å². The maximum atomic E-state index is 11.8. The van der Waals surface area contributed by atoms with Crippen LogP contribution in [0, 0.1) is 0 Å². The summed E-state index contributed by atoms with van der Waals surface area (Å²) in [5.41, 5.74) is 1.06. The lowest BCUT2D eigenvalue weighted by Gasteiger charge is -2.04. The van der Waals surface area contributed by atoms with Gasteiger partial charge in [-0.05, 0) is 17.3 Å². The Bertz CT molecular complexity index is 582. The van der Waals surface area contributed by atoms with E-state index >= 15 is 0 Å². The van der Waals surface area contributed by atoms with Crippen molar-refractivity contribution in [3.8, 4) is 11.4 Å². The minimum absolute atomic E-state index is 0.0839. The standard InChI is InChI=1S/C11H11N5O3/c17-9(18)4-5-12-11(19)8-3-1-2-7(6-8)10-13-15-16-14-10/h1-3,6H,4-5H2,(H,12,19)(H,17,18)(H,13,14,15,16). The number of rotatable bonds is 5. The molecule has 98 valence electrons. The number of aliphatic carboxylic acids is 1. The Morgan fingerprint density at radius 2 is 2.21 bits per heavy atom. The van der Waals surface area contributed by atoms with Gasteiger partial charge >= 0.3 is 5.97 Å². The number of carbonyl (C=O) groups is 2. The van der Waals surface area contributed by atoms with Crippen LogP contribution in [-0.2, 0) is 4.79 Å². The van der Waals surface area contributed by atoms with Crippen LogP contribution in [-0.4, -0.2) is 44.2 Å². The number of carboxylic acid groups (broad SMARTS) is 1. The monoisotopic (exact) mass is 261 g/mol. The number of hydrogen-bond donors (Lipinski definition) is 3.